The number of pyridine rings is 1. The summed E-state index contributed by atoms with van der Waals surface area (Å²) in [6.07, 6.45) is 1.41. The summed E-state index contributed by atoms with van der Waals surface area (Å²) in [6.45, 7) is 6.11. The largest absolute Gasteiger partial charge is 0.497 e. The number of carbonyl (C=O) groups is 1. The first-order chi connectivity index (χ1) is 17.4. The maximum atomic E-state index is 13.2. The van der Waals surface area contributed by atoms with E-state index >= 15 is 0 Å². The number of hydrogen-bond acceptors (Lipinski definition) is 9. The summed E-state index contributed by atoms with van der Waals surface area (Å²) < 4.78 is 10.5. The number of methoxy groups -OCH3 is 2. The summed E-state index contributed by atoms with van der Waals surface area (Å²) >= 11 is 0. The molecule has 0 spiro atoms. The molecule has 0 radical (unpaired) electrons. The van der Waals surface area contributed by atoms with Gasteiger partial charge in [0.15, 0.2) is 5.54 Å². The Bertz CT molecular complexity index is 1320. The fourth-order valence-corrected chi connectivity index (χ4v) is 4.54. The van der Waals surface area contributed by atoms with Crippen LogP contribution in [-0.2, 0) is 5.54 Å². The monoisotopic (exact) mass is 511 g/mol. The molecule has 5 rings (SSSR count). The number of aryl methyl sites for hydroxylation is 2. The minimum Gasteiger partial charge on any atom is -0.497 e. The molecule has 1 aromatic heterocycles. The number of carbonyl (C=O) groups excluding carboxylic acids is 1. The number of nitrogens with zero attached hydrogens (tertiary/aromatic N) is 2. The first-order valence-corrected chi connectivity index (χ1v) is 11.9. The molecule has 2 heterocycles. The van der Waals surface area contributed by atoms with E-state index in [4.69, 9.17) is 9.47 Å². The van der Waals surface area contributed by atoms with E-state index in [1.54, 1.807) is 44.2 Å². The number of aromatic nitrogens is 1. The third-order valence-electron chi connectivity index (χ3n) is 7.10. The van der Waals surface area contributed by atoms with Gasteiger partial charge in [-0.3, -0.25) is 9.78 Å². The van der Waals surface area contributed by atoms with Gasteiger partial charge in [-0.1, -0.05) is 12.1 Å². The molecule has 0 atom stereocenters. The van der Waals surface area contributed by atoms with Crippen LogP contribution in [0, 0.1) is 13.8 Å². The quantitative estimate of drug-likeness (QED) is 0.319. The predicted molar refractivity (Wildman–Crippen MR) is 136 cm³/mol. The third-order valence-corrected chi connectivity index (χ3v) is 7.10. The molecule has 1 saturated carbocycles. The number of rotatable bonds is 5. The molecule has 1 amide bonds. The Morgan fingerprint density at radius 3 is 2.08 bits per heavy atom. The lowest BCUT2D eigenvalue weighted by molar-refractivity contribution is -0.207. The number of fused-ring (bicyclic) bond motifs is 1. The van der Waals surface area contributed by atoms with Crippen molar-refractivity contribution in [1.82, 2.24) is 15.2 Å². The zero-order valence-corrected chi connectivity index (χ0v) is 21.6. The van der Waals surface area contributed by atoms with E-state index in [2.05, 4.69) is 22.2 Å². The van der Waals surface area contributed by atoms with Gasteiger partial charge in [-0.15, -0.1) is 0 Å². The normalized spacial score (nSPS) is 18.7. The van der Waals surface area contributed by atoms with Crippen molar-refractivity contribution in [3.05, 3.63) is 64.8 Å². The van der Waals surface area contributed by atoms with Crippen LogP contribution >= 0.6 is 0 Å². The fraction of sp³-hybridized carbons (Fsp3) is 0.407. The second kappa shape index (κ2) is 9.55. The Kier molecular flexibility index (Phi) is 6.91. The van der Waals surface area contributed by atoms with Crippen molar-refractivity contribution in [1.29, 1.82) is 0 Å². The molecule has 1 aliphatic heterocycles. The predicted octanol–water partition coefficient (Wildman–Crippen LogP) is 1.19. The van der Waals surface area contributed by atoms with Crippen LogP contribution in [0.4, 0.5) is 0 Å². The molecule has 2 fully saturated rings. The second-order valence-electron chi connectivity index (χ2n) is 9.58. The van der Waals surface area contributed by atoms with Crippen molar-refractivity contribution in [2.45, 2.75) is 37.4 Å². The highest BCUT2D eigenvalue weighted by Crippen LogP contribution is 2.62. The Hall–Kier alpha value is -3.28. The van der Waals surface area contributed by atoms with Crippen molar-refractivity contribution in [3.63, 3.8) is 0 Å². The van der Waals surface area contributed by atoms with E-state index in [0.29, 0.717) is 27.9 Å². The molecule has 2 aliphatic rings. The molecule has 1 saturated heterocycles. The maximum absolute atomic E-state index is 13.2. The maximum Gasteiger partial charge on any atom is 0.255 e. The van der Waals surface area contributed by atoms with Crippen LogP contribution in [0.5, 0.6) is 11.5 Å². The number of hydrogen-bond donors (Lipinski definition) is 5. The number of aliphatic hydroxyl groups is 4. The van der Waals surface area contributed by atoms with Gasteiger partial charge in [0.25, 0.3) is 17.5 Å². The zero-order valence-electron chi connectivity index (χ0n) is 21.6. The average molecular weight is 512 g/mol. The SMILES string of the molecule is CN1CCC1.COc1ccc(C)c(C(=O)NC2(c3cc(OC)cc4nc(C)ccc34)C(O)(O)C2(O)O)c1. The van der Waals surface area contributed by atoms with Gasteiger partial charge in [-0.25, -0.2) is 0 Å². The highest BCUT2D eigenvalue weighted by atomic mass is 16.6. The number of amides is 1. The number of ether oxygens (including phenoxy) is 2. The number of nitrogens with one attached hydrogen (secondary N) is 1. The van der Waals surface area contributed by atoms with Crippen molar-refractivity contribution in [3.8, 4) is 11.5 Å². The summed E-state index contributed by atoms with van der Waals surface area (Å²) in [5.74, 6) is -6.24. The molecule has 1 aliphatic carbocycles. The smallest absolute Gasteiger partial charge is 0.255 e. The van der Waals surface area contributed by atoms with Gasteiger partial charge in [-0.2, -0.15) is 0 Å². The molecular formula is C27H33N3O7. The lowest BCUT2D eigenvalue weighted by atomic mass is 9.95. The Balaban J connectivity index is 0.000000572. The molecular weight excluding hydrogens is 478 g/mol. The summed E-state index contributed by atoms with van der Waals surface area (Å²) in [5.41, 5.74) is -0.488. The lowest BCUT2D eigenvalue weighted by Gasteiger charge is -2.24. The first kappa shape index (κ1) is 26.8. The van der Waals surface area contributed by atoms with E-state index in [1.807, 2.05) is 0 Å². The minimum absolute atomic E-state index is 0.0308. The standard InChI is InChI=1S/C23H24N2O7.C4H9N/c1-12-5-7-14(31-3)9-17(12)20(26)25-21(22(27,28)23(21,29)30)18-10-15(32-4)11-19-16(18)8-6-13(2)24-19;1-5-3-2-4-5/h5-11,27-30H,1-4H3,(H,25,26);2-4H2,1H3. The number of likely N-dealkylation sites (tertiary alicyclic amines) is 1. The van der Waals surface area contributed by atoms with Gasteiger partial charge in [-0.05, 0) is 70.2 Å². The van der Waals surface area contributed by atoms with E-state index in [-0.39, 0.29) is 16.9 Å². The van der Waals surface area contributed by atoms with Gasteiger partial charge >= 0.3 is 0 Å². The molecule has 10 nitrogen and oxygen atoms in total. The number of benzene rings is 2. The van der Waals surface area contributed by atoms with Crippen molar-refractivity contribution in [2.75, 3.05) is 34.4 Å². The molecule has 5 N–H and O–H groups in total. The first-order valence-electron chi connectivity index (χ1n) is 11.9. The average Bonchev–Trinajstić information content (AvgIpc) is 3.19. The second-order valence-corrected chi connectivity index (χ2v) is 9.58. The van der Waals surface area contributed by atoms with Crippen LogP contribution in [0.25, 0.3) is 10.9 Å². The van der Waals surface area contributed by atoms with E-state index in [0.717, 1.165) is 0 Å². The molecule has 37 heavy (non-hydrogen) atoms. The van der Waals surface area contributed by atoms with E-state index in [9.17, 15) is 25.2 Å². The van der Waals surface area contributed by atoms with E-state index in [1.165, 1.54) is 45.9 Å². The zero-order chi connectivity index (χ0) is 27.2. The highest BCUT2D eigenvalue weighted by Gasteiger charge is 2.91. The fourth-order valence-electron chi connectivity index (χ4n) is 4.54. The summed E-state index contributed by atoms with van der Waals surface area (Å²) in [5, 5.41) is 45.3. The summed E-state index contributed by atoms with van der Waals surface area (Å²) in [7, 11) is 5.00. The van der Waals surface area contributed by atoms with Crippen LogP contribution < -0.4 is 14.8 Å². The topological polar surface area (TPSA) is 145 Å². The summed E-state index contributed by atoms with van der Waals surface area (Å²) in [4.78, 5) is 20.0. The van der Waals surface area contributed by atoms with Crippen molar-refractivity contribution < 1.29 is 34.7 Å². The van der Waals surface area contributed by atoms with Crippen LogP contribution in [0.1, 0.15) is 33.6 Å². The Labute approximate surface area is 215 Å². The van der Waals surface area contributed by atoms with Crippen LogP contribution in [0.3, 0.4) is 0 Å². The van der Waals surface area contributed by atoms with Gasteiger partial charge in [0, 0.05) is 28.3 Å². The molecule has 2 aromatic carbocycles. The molecule has 198 valence electrons. The summed E-state index contributed by atoms with van der Waals surface area (Å²) in [6, 6.07) is 11.2. The van der Waals surface area contributed by atoms with Crippen LogP contribution in [-0.4, -0.2) is 82.1 Å². The molecule has 0 bridgehead atoms. The van der Waals surface area contributed by atoms with Gasteiger partial charge < -0.3 is 40.1 Å². The van der Waals surface area contributed by atoms with Gasteiger partial charge in [0.1, 0.15) is 11.5 Å². The van der Waals surface area contributed by atoms with Crippen molar-refractivity contribution in [2.24, 2.45) is 0 Å². The molecule has 10 heteroatoms. The third kappa shape index (κ3) is 4.30. The highest BCUT2D eigenvalue weighted by molar-refractivity contribution is 5.98. The molecule has 0 unspecified atom stereocenters. The van der Waals surface area contributed by atoms with Crippen LogP contribution in [0.15, 0.2) is 42.5 Å². The molecule has 3 aromatic rings. The minimum atomic E-state index is -3.09. The van der Waals surface area contributed by atoms with E-state index < -0.39 is 23.0 Å². The lowest BCUT2D eigenvalue weighted by Crippen LogP contribution is -2.44. The van der Waals surface area contributed by atoms with Gasteiger partial charge in [0.2, 0.25) is 0 Å². The Morgan fingerprint density at radius 2 is 1.57 bits per heavy atom. The van der Waals surface area contributed by atoms with Crippen LogP contribution in [0.2, 0.25) is 0 Å². The van der Waals surface area contributed by atoms with Crippen molar-refractivity contribution >= 4 is 16.8 Å². The van der Waals surface area contributed by atoms with Gasteiger partial charge in [0.05, 0.1) is 19.7 Å². The Morgan fingerprint density at radius 1 is 0.946 bits per heavy atom.